The van der Waals surface area contributed by atoms with E-state index in [4.69, 9.17) is 0 Å². The van der Waals surface area contributed by atoms with Crippen LogP contribution in [-0.2, 0) is 11.2 Å². The monoisotopic (exact) mass is 249 g/mol. The summed E-state index contributed by atoms with van der Waals surface area (Å²) in [6.45, 7) is 3.39. The molecule has 0 unspecified atom stereocenters. The molecule has 1 aromatic rings. The third-order valence-electron chi connectivity index (χ3n) is 3.69. The van der Waals surface area contributed by atoms with E-state index in [-0.39, 0.29) is 11.7 Å². The molecule has 1 fully saturated rings. The smallest absolute Gasteiger partial charge is 0.219 e. The average Bonchev–Trinajstić information content (AvgIpc) is 2.37. The minimum absolute atomic E-state index is 0.165. The van der Waals surface area contributed by atoms with Gasteiger partial charge < -0.3 is 4.90 Å². The summed E-state index contributed by atoms with van der Waals surface area (Å²) in [6.07, 6.45) is 4.20. The molecule has 1 heterocycles. The Morgan fingerprint density at radius 2 is 2.33 bits per heavy atom. The summed E-state index contributed by atoms with van der Waals surface area (Å²) >= 11 is 0. The Balaban J connectivity index is 1.84. The summed E-state index contributed by atoms with van der Waals surface area (Å²) in [6, 6.07) is 6.80. The summed E-state index contributed by atoms with van der Waals surface area (Å²) in [5, 5.41) is 0. The molecule has 2 rings (SSSR count). The number of benzene rings is 1. The normalized spacial score (nSPS) is 19.9. The van der Waals surface area contributed by atoms with Crippen LogP contribution in [-0.4, -0.2) is 23.9 Å². The number of carbonyl (C=O) groups excluding carboxylic acids is 1. The fourth-order valence-electron chi connectivity index (χ4n) is 2.65. The Hall–Kier alpha value is -1.38. The van der Waals surface area contributed by atoms with Gasteiger partial charge in [0.1, 0.15) is 5.82 Å². The predicted molar refractivity (Wildman–Crippen MR) is 69.7 cm³/mol. The predicted octanol–water partition coefficient (Wildman–Crippen LogP) is 3.02. The molecule has 2 nitrogen and oxygen atoms in total. The number of nitrogens with zero attached hydrogens (tertiary/aromatic N) is 1. The highest BCUT2D eigenvalue weighted by Crippen LogP contribution is 2.21. The third-order valence-corrected chi connectivity index (χ3v) is 3.69. The van der Waals surface area contributed by atoms with E-state index in [0.717, 1.165) is 37.9 Å². The molecular weight excluding hydrogens is 229 g/mol. The molecule has 1 atom stereocenters. The molecule has 3 heteroatoms. The number of piperidine rings is 1. The summed E-state index contributed by atoms with van der Waals surface area (Å²) in [5.41, 5.74) is 1.05. The number of aryl methyl sites for hydroxylation is 1. The first-order valence-corrected chi connectivity index (χ1v) is 6.65. The van der Waals surface area contributed by atoms with Gasteiger partial charge in [-0.05, 0) is 49.3 Å². The SMILES string of the molecule is CC(=O)N1CCC[C@@H](CCc2cccc(F)c2)C1. The quantitative estimate of drug-likeness (QED) is 0.806. The van der Waals surface area contributed by atoms with Crippen molar-refractivity contribution in [1.29, 1.82) is 0 Å². The number of likely N-dealkylation sites (tertiary alicyclic amines) is 1. The number of halogens is 1. The molecule has 0 spiro atoms. The Morgan fingerprint density at radius 1 is 1.50 bits per heavy atom. The van der Waals surface area contributed by atoms with Gasteiger partial charge in [-0.1, -0.05) is 12.1 Å². The van der Waals surface area contributed by atoms with Gasteiger partial charge in [0.25, 0.3) is 0 Å². The lowest BCUT2D eigenvalue weighted by Crippen LogP contribution is -2.38. The molecule has 1 aliphatic rings. The van der Waals surface area contributed by atoms with Crippen LogP contribution < -0.4 is 0 Å². The van der Waals surface area contributed by atoms with Crippen LogP contribution in [0, 0.1) is 11.7 Å². The van der Waals surface area contributed by atoms with Crippen molar-refractivity contribution in [2.24, 2.45) is 5.92 Å². The van der Waals surface area contributed by atoms with Crippen LogP contribution in [0.15, 0.2) is 24.3 Å². The topological polar surface area (TPSA) is 20.3 Å². The summed E-state index contributed by atoms with van der Waals surface area (Å²) in [4.78, 5) is 13.3. The fraction of sp³-hybridized carbons (Fsp3) is 0.533. The second kappa shape index (κ2) is 5.98. The number of hydrogen-bond acceptors (Lipinski definition) is 1. The highest BCUT2D eigenvalue weighted by atomic mass is 19.1. The molecule has 1 saturated heterocycles. The first-order valence-electron chi connectivity index (χ1n) is 6.65. The van der Waals surface area contributed by atoms with Crippen LogP contribution in [0.5, 0.6) is 0 Å². The zero-order valence-electron chi connectivity index (χ0n) is 10.9. The number of hydrogen-bond donors (Lipinski definition) is 0. The molecule has 1 amide bonds. The Kier molecular flexibility index (Phi) is 4.34. The fourth-order valence-corrected chi connectivity index (χ4v) is 2.65. The van der Waals surface area contributed by atoms with Crippen LogP contribution in [0.25, 0.3) is 0 Å². The summed E-state index contributed by atoms with van der Waals surface area (Å²) < 4.78 is 13.0. The highest BCUT2D eigenvalue weighted by molar-refractivity contribution is 5.73. The molecule has 0 bridgehead atoms. The van der Waals surface area contributed by atoms with Crippen molar-refractivity contribution < 1.29 is 9.18 Å². The van der Waals surface area contributed by atoms with E-state index in [0.29, 0.717) is 5.92 Å². The van der Waals surface area contributed by atoms with Gasteiger partial charge in [0.2, 0.25) is 5.91 Å². The Morgan fingerprint density at radius 3 is 3.06 bits per heavy atom. The minimum Gasteiger partial charge on any atom is -0.343 e. The van der Waals surface area contributed by atoms with Gasteiger partial charge in [-0.15, -0.1) is 0 Å². The van der Waals surface area contributed by atoms with E-state index in [9.17, 15) is 9.18 Å². The van der Waals surface area contributed by atoms with Gasteiger partial charge in [-0.25, -0.2) is 4.39 Å². The number of amides is 1. The molecule has 0 saturated carbocycles. The first-order chi connectivity index (χ1) is 8.65. The van der Waals surface area contributed by atoms with E-state index in [1.165, 1.54) is 12.5 Å². The van der Waals surface area contributed by atoms with E-state index in [2.05, 4.69) is 0 Å². The van der Waals surface area contributed by atoms with Crippen LogP contribution in [0.1, 0.15) is 31.7 Å². The maximum atomic E-state index is 13.0. The molecule has 0 aromatic heterocycles. The van der Waals surface area contributed by atoms with Crippen molar-refractivity contribution >= 4 is 5.91 Å². The standard InChI is InChI=1S/C15H20FNO/c1-12(18)17-9-3-5-14(11-17)8-7-13-4-2-6-15(16)10-13/h2,4,6,10,14H,3,5,7-9,11H2,1H3/t14-/m0/s1. The van der Waals surface area contributed by atoms with Gasteiger partial charge in [-0.2, -0.15) is 0 Å². The third kappa shape index (κ3) is 3.56. The second-order valence-electron chi connectivity index (χ2n) is 5.14. The maximum Gasteiger partial charge on any atom is 0.219 e. The molecular formula is C15H20FNO. The van der Waals surface area contributed by atoms with Crippen LogP contribution in [0.3, 0.4) is 0 Å². The molecule has 1 aliphatic heterocycles. The summed E-state index contributed by atoms with van der Waals surface area (Å²) in [7, 11) is 0. The van der Waals surface area contributed by atoms with Gasteiger partial charge in [-0.3, -0.25) is 4.79 Å². The molecule has 98 valence electrons. The molecule has 18 heavy (non-hydrogen) atoms. The van der Waals surface area contributed by atoms with Gasteiger partial charge in [0.05, 0.1) is 0 Å². The number of rotatable bonds is 3. The lowest BCUT2D eigenvalue weighted by molar-refractivity contribution is -0.130. The minimum atomic E-state index is -0.165. The Labute approximate surface area is 108 Å². The molecule has 0 N–H and O–H groups in total. The van der Waals surface area contributed by atoms with Crippen molar-refractivity contribution in [2.45, 2.75) is 32.6 Å². The largest absolute Gasteiger partial charge is 0.343 e. The van der Waals surface area contributed by atoms with E-state index < -0.39 is 0 Å². The summed E-state index contributed by atoms with van der Waals surface area (Å²) in [5.74, 6) is 0.567. The van der Waals surface area contributed by atoms with Crippen molar-refractivity contribution in [2.75, 3.05) is 13.1 Å². The van der Waals surface area contributed by atoms with Gasteiger partial charge in [0.15, 0.2) is 0 Å². The molecule has 1 aromatic carbocycles. The van der Waals surface area contributed by atoms with Crippen molar-refractivity contribution in [3.63, 3.8) is 0 Å². The average molecular weight is 249 g/mol. The van der Waals surface area contributed by atoms with Gasteiger partial charge in [0, 0.05) is 20.0 Å². The maximum absolute atomic E-state index is 13.0. The van der Waals surface area contributed by atoms with Crippen molar-refractivity contribution in [3.05, 3.63) is 35.6 Å². The van der Waals surface area contributed by atoms with Crippen molar-refractivity contribution in [1.82, 2.24) is 4.90 Å². The lowest BCUT2D eigenvalue weighted by Gasteiger charge is -2.32. The highest BCUT2D eigenvalue weighted by Gasteiger charge is 2.21. The van der Waals surface area contributed by atoms with Gasteiger partial charge >= 0.3 is 0 Å². The zero-order valence-corrected chi connectivity index (χ0v) is 10.9. The van der Waals surface area contributed by atoms with E-state index >= 15 is 0 Å². The molecule has 0 aliphatic carbocycles. The van der Waals surface area contributed by atoms with Crippen LogP contribution in [0.2, 0.25) is 0 Å². The van der Waals surface area contributed by atoms with E-state index in [1.807, 2.05) is 11.0 Å². The lowest BCUT2D eigenvalue weighted by atomic mass is 9.91. The number of carbonyl (C=O) groups is 1. The van der Waals surface area contributed by atoms with Crippen molar-refractivity contribution in [3.8, 4) is 0 Å². The Bertz CT molecular complexity index is 419. The van der Waals surface area contributed by atoms with Crippen LogP contribution >= 0.6 is 0 Å². The molecule has 0 radical (unpaired) electrons. The zero-order chi connectivity index (χ0) is 13.0. The van der Waals surface area contributed by atoms with Crippen LogP contribution in [0.4, 0.5) is 4.39 Å². The first kappa shape index (κ1) is 13.1. The second-order valence-corrected chi connectivity index (χ2v) is 5.14. The van der Waals surface area contributed by atoms with E-state index in [1.54, 1.807) is 19.1 Å².